The molecule has 0 aliphatic carbocycles. The Kier molecular flexibility index (Phi) is 10.5. The molecule has 3 aromatic carbocycles. The third-order valence-corrected chi connectivity index (χ3v) is 5.91. The average Bonchev–Trinajstić information content (AvgIpc) is 2.83. The lowest BCUT2D eigenvalue weighted by Gasteiger charge is -2.09. The maximum absolute atomic E-state index is 5.90. The first-order valence-corrected chi connectivity index (χ1v) is 12.3. The van der Waals surface area contributed by atoms with Gasteiger partial charge in [-0.3, -0.25) is 0 Å². The van der Waals surface area contributed by atoms with Gasteiger partial charge in [-0.2, -0.15) is 0 Å². The summed E-state index contributed by atoms with van der Waals surface area (Å²) in [7, 11) is 0. The molecule has 0 aliphatic rings. The van der Waals surface area contributed by atoms with Crippen LogP contribution < -0.4 is 4.74 Å². The van der Waals surface area contributed by atoms with Crippen LogP contribution in [0.25, 0.3) is 11.1 Å². The predicted molar refractivity (Wildman–Crippen MR) is 137 cm³/mol. The van der Waals surface area contributed by atoms with Crippen LogP contribution in [0.5, 0.6) is 5.75 Å². The van der Waals surface area contributed by atoms with Gasteiger partial charge in [0.25, 0.3) is 0 Å². The Bertz CT molecular complexity index is 945. The second-order valence-electron chi connectivity index (χ2n) is 8.64. The minimum Gasteiger partial charge on any atom is -0.494 e. The van der Waals surface area contributed by atoms with Crippen molar-refractivity contribution in [3.8, 4) is 16.9 Å². The van der Waals surface area contributed by atoms with Crippen LogP contribution in [0.1, 0.15) is 54.9 Å². The summed E-state index contributed by atoms with van der Waals surface area (Å²) in [6.07, 6.45) is 6.51. The van der Waals surface area contributed by atoms with Gasteiger partial charge in [0.05, 0.1) is 19.8 Å². The maximum atomic E-state index is 5.90. The molecule has 176 valence electrons. The van der Waals surface area contributed by atoms with E-state index in [0.29, 0.717) is 13.2 Å². The highest BCUT2D eigenvalue weighted by atomic mass is 17.2. The van der Waals surface area contributed by atoms with Crippen molar-refractivity contribution in [1.82, 2.24) is 0 Å². The summed E-state index contributed by atoms with van der Waals surface area (Å²) in [5.74, 6) is 0.934. The van der Waals surface area contributed by atoms with E-state index in [1.807, 2.05) is 6.92 Å². The summed E-state index contributed by atoms with van der Waals surface area (Å²) in [5, 5.41) is 0. The molecule has 0 saturated carbocycles. The molecule has 0 saturated heterocycles. The first-order valence-electron chi connectivity index (χ1n) is 12.3. The van der Waals surface area contributed by atoms with Crippen LogP contribution in [0.2, 0.25) is 0 Å². The van der Waals surface area contributed by atoms with Crippen molar-refractivity contribution in [2.45, 2.75) is 59.3 Å². The van der Waals surface area contributed by atoms with E-state index in [-0.39, 0.29) is 0 Å². The Labute approximate surface area is 199 Å². The normalized spacial score (nSPS) is 11.0. The van der Waals surface area contributed by atoms with Crippen LogP contribution in [0, 0.1) is 13.8 Å². The van der Waals surface area contributed by atoms with Gasteiger partial charge < -0.3 is 4.74 Å². The van der Waals surface area contributed by atoms with Crippen LogP contribution in [-0.2, 0) is 22.6 Å². The highest BCUT2D eigenvalue weighted by Gasteiger charge is 2.03. The molecule has 0 amide bonds. The summed E-state index contributed by atoms with van der Waals surface area (Å²) in [6, 6.07) is 24.1. The molecule has 0 aromatic heterocycles. The van der Waals surface area contributed by atoms with E-state index in [1.165, 1.54) is 33.4 Å². The Morgan fingerprint density at radius 1 is 0.636 bits per heavy atom. The van der Waals surface area contributed by atoms with Crippen molar-refractivity contribution in [2.24, 2.45) is 0 Å². The van der Waals surface area contributed by atoms with E-state index in [9.17, 15) is 0 Å². The fourth-order valence-corrected chi connectivity index (χ4v) is 3.96. The molecule has 3 aromatic rings. The lowest BCUT2D eigenvalue weighted by molar-refractivity contribution is -0.291. The Balaban J connectivity index is 1.39. The first kappa shape index (κ1) is 25.0. The minimum absolute atomic E-state index is 0.603. The SMILES string of the molecule is CCOOCCCCCCOc1ccc(-c2ccc(CCc3ccc(C)cc3C)cc2)cc1. The molecule has 0 atom stereocenters. The molecular weight excluding hydrogens is 408 g/mol. The number of ether oxygens (including phenoxy) is 1. The van der Waals surface area contributed by atoms with Gasteiger partial charge in [0.1, 0.15) is 5.75 Å². The van der Waals surface area contributed by atoms with Crippen molar-refractivity contribution >= 4 is 0 Å². The number of benzene rings is 3. The zero-order chi connectivity index (χ0) is 23.3. The van der Waals surface area contributed by atoms with Crippen molar-refractivity contribution in [3.63, 3.8) is 0 Å². The largest absolute Gasteiger partial charge is 0.494 e. The van der Waals surface area contributed by atoms with Gasteiger partial charge in [0.15, 0.2) is 0 Å². The highest BCUT2D eigenvalue weighted by molar-refractivity contribution is 5.64. The summed E-state index contributed by atoms with van der Waals surface area (Å²) in [4.78, 5) is 9.90. The van der Waals surface area contributed by atoms with E-state index in [0.717, 1.165) is 50.9 Å². The Morgan fingerprint density at radius 2 is 1.30 bits per heavy atom. The van der Waals surface area contributed by atoms with E-state index in [1.54, 1.807) is 0 Å². The first-order chi connectivity index (χ1) is 16.2. The van der Waals surface area contributed by atoms with Crippen LogP contribution in [0.4, 0.5) is 0 Å². The molecule has 3 nitrogen and oxygen atoms in total. The molecule has 0 radical (unpaired) electrons. The number of unbranched alkanes of at least 4 members (excludes halogenated alkanes) is 3. The minimum atomic E-state index is 0.603. The van der Waals surface area contributed by atoms with Crippen molar-refractivity contribution in [1.29, 1.82) is 0 Å². The van der Waals surface area contributed by atoms with Gasteiger partial charge in [-0.05, 0) is 92.8 Å². The molecule has 33 heavy (non-hydrogen) atoms. The van der Waals surface area contributed by atoms with Gasteiger partial charge in [0.2, 0.25) is 0 Å². The summed E-state index contributed by atoms with van der Waals surface area (Å²) in [6.45, 7) is 8.31. The van der Waals surface area contributed by atoms with E-state index >= 15 is 0 Å². The number of aryl methyl sites for hydroxylation is 4. The van der Waals surface area contributed by atoms with Gasteiger partial charge in [0, 0.05) is 0 Å². The smallest absolute Gasteiger partial charge is 0.119 e. The summed E-state index contributed by atoms with van der Waals surface area (Å²) < 4.78 is 5.90. The second kappa shape index (κ2) is 13.8. The Morgan fingerprint density at radius 3 is 1.97 bits per heavy atom. The fraction of sp³-hybridized carbons (Fsp3) is 0.400. The highest BCUT2D eigenvalue weighted by Crippen LogP contribution is 2.24. The van der Waals surface area contributed by atoms with E-state index in [4.69, 9.17) is 14.5 Å². The van der Waals surface area contributed by atoms with Crippen molar-refractivity contribution < 1.29 is 14.5 Å². The average molecular weight is 447 g/mol. The third-order valence-electron chi connectivity index (χ3n) is 5.91. The summed E-state index contributed by atoms with van der Waals surface area (Å²) in [5.41, 5.74) is 8.00. The molecule has 0 N–H and O–H groups in total. The van der Waals surface area contributed by atoms with Gasteiger partial charge in [-0.15, -0.1) is 0 Å². The molecule has 3 heteroatoms. The topological polar surface area (TPSA) is 27.7 Å². The molecule has 0 spiro atoms. The zero-order valence-corrected chi connectivity index (χ0v) is 20.4. The van der Waals surface area contributed by atoms with Crippen LogP contribution in [0.3, 0.4) is 0 Å². The monoisotopic (exact) mass is 446 g/mol. The van der Waals surface area contributed by atoms with Gasteiger partial charge in [-0.25, -0.2) is 9.78 Å². The maximum Gasteiger partial charge on any atom is 0.119 e. The van der Waals surface area contributed by atoms with Crippen LogP contribution >= 0.6 is 0 Å². The van der Waals surface area contributed by atoms with E-state index < -0.39 is 0 Å². The molecule has 0 heterocycles. The van der Waals surface area contributed by atoms with Crippen molar-refractivity contribution in [3.05, 3.63) is 89.0 Å². The molecular formula is C30H38O3. The number of hydrogen-bond donors (Lipinski definition) is 0. The quantitative estimate of drug-likeness (QED) is 0.144. The fourth-order valence-electron chi connectivity index (χ4n) is 3.96. The Hall–Kier alpha value is -2.62. The third kappa shape index (κ3) is 8.68. The molecule has 0 aliphatic heterocycles. The molecule has 0 bridgehead atoms. The molecule has 0 fully saturated rings. The zero-order valence-electron chi connectivity index (χ0n) is 20.4. The standard InChI is InChI=1S/C30H38O3/c1-4-32-33-22-8-6-5-7-21-31-30-19-17-29(18-20-30)28-15-11-26(12-16-28)10-14-27-13-9-24(2)23-25(27)3/h9,11-13,15-20,23H,4-8,10,14,21-22H2,1-3H3. The summed E-state index contributed by atoms with van der Waals surface area (Å²) >= 11 is 0. The second-order valence-corrected chi connectivity index (χ2v) is 8.64. The number of hydrogen-bond acceptors (Lipinski definition) is 3. The number of rotatable bonds is 14. The van der Waals surface area contributed by atoms with Crippen LogP contribution in [-0.4, -0.2) is 19.8 Å². The van der Waals surface area contributed by atoms with E-state index in [2.05, 4.69) is 80.6 Å². The van der Waals surface area contributed by atoms with Crippen molar-refractivity contribution in [2.75, 3.05) is 19.8 Å². The lowest BCUT2D eigenvalue weighted by atomic mass is 9.97. The van der Waals surface area contributed by atoms with Gasteiger partial charge >= 0.3 is 0 Å². The van der Waals surface area contributed by atoms with Crippen LogP contribution in [0.15, 0.2) is 66.7 Å². The molecule has 0 unspecified atom stereocenters. The lowest BCUT2D eigenvalue weighted by Crippen LogP contribution is -1.99. The predicted octanol–water partition coefficient (Wildman–Crippen LogP) is 7.66. The molecule has 3 rings (SSSR count). The van der Waals surface area contributed by atoms with Gasteiger partial charge in [-0.1, -0.05) is 66.6 Å².